The topological polar surface area (TPSA) is 0 Å². The highest BCUT2D eigenvalue weighted by atomic mass is 32.2. The Hall–Kier alpha value is 0.520. The second-order valence-corrected chi connectivity index (χ2v) is 5.41. The van der Waals surface area contributed by atoms with Crippen molar-refractivity contribution in [3.8, 4) is 21.0 Å². The van der Waals surface area contributed by atoms with Gasteiger partial charge in [-0.3, -0.25) is 0 Å². The standard InChI is InChI=1S/C8H8S4/c1-2-10-5-6-12-8-7-11-4-3-9-1/h1-2,7-8H2. The molecule has 0 spiro atoms. The van der Waals surface area contributed by atoms with Crippen molar-refractivity contribution >= 4 is 47.0 Å². The molecule has 0 saturated carbocycles. The van der Waals surface area contributed by atoms with Crippen LogP contribution in [-0.2, 0) is 0 Å². The summed E-state index contributed by atoms with van der Waals surface area (Å²) >= 11 is 6.76. The van der Waals surface area contributed by atoms with E-state index in [4.69, 9.17) is 0 Å². The Balaban J connectivity index is 2.25. The van der Waals surface area contributed by atoms with Gasteiger partial charge in [-0.15, -0.1) is 0 Å². The first kappa shape index (κ1) is 10.6. The van der Waals surface area contributed by atoms with Crippen molar-refractivity contribution < 1.29 is 0 Å². The molecule has 0 N–H and O–H groups in total. The molecule has 1 aliphatic heterocycles. The van der Waals surface area contributed by atoms with Gasteiger partial charge in [0.1, 0.15) is 0 Å². The van der Waals surface area contributed by atoms with E-state index in [1.54, 1.807) is 47.0 Å². The van der Waals surface area contributed by atoms with Crippen molar-refractivity contribution in [2.24, 2.45) is 0 Å². The predicted molar refractivity (Wildman–Crippen MR) is 65.4 cm³/mol. The van der Waals surface area contributed by atoms with Gasteiger partial charge in [0.05, 0.1) is 0 Å². The van der Waals surface area contributed by atoms with Crippen molar-refractivity contribution in [2.45, 2.75) is 0 Å². The van der Waals surface area contributed by atoms with E-state index in [2.05, 4.69) is 21.0 Å². The number of thioether (sulfide) groups is 4. The molecular formula is C8H8S4. The quantitative estimate of drug-likeness (QED) is 0.589. The van der Waals surface area contributed by atoms with Crippen LogP contribution >= 0.6 is 47.0 Å². The second-order valence-electron chi connectivity index (χ2n) is 1.80. The summed E-state index contributed by atoms with van der Waals surface area (Å²) in [4.78, 5) is 0. The molecule has 0 bridgehead atoms. The fourth-order valence-corrected chi connectivity index (χ4v) is 3.17. The van der Waals surface area contributed by atoms with Crippen LogP contribution in [0.15, 0.2) is 0 Å². The molecule has 0 fully saturated rings. The largest absolute Gasteiger partial charge is 0.0733 e. The van der Waals surface area contributed by atoms with Gasteiger partial charge in [0.15, 0.2) is 0 Å². The lowest BCUT2D eigenvalue weighted by atomic mass is 11.0. The first-order chi connectivity index (χ1) is 6.00. The average Bonchev–Trinajstić information content (AvgIpc) is 2.05. The summed E-state index contributed by atoms with van der Waals surface area (Å²) in [6.45, 7) is 0. The molecule has 1 rings (SSSR count). The fraction of sp³-hybridized carbons (Fsp3) is 0.500. The maximum atomic E-state index is 3.06. The molecule has 0 saturated heterocycles. The summed E-state index contributed by atoms with van der Waals surface area (Å²) in [6.07, 6.45) is 0. The first-order valence-corrected chi connectivity index (χ1v) is 7.41. The van der Waals surface area contributed by atoms with Crippen LogP contribution in [0, 0.1) is 21.0 Å². The van der Waals surface area contributed by atoms with Gasteiger partial charge in [0.2, 0.25) is 0 Å². The maximum Gasteiger partial charge on any atom is 0.0157 e. The average molecular weight is 232 g/mol. The Bertz CT molecular complexity index is 181. The van der Waals surface area contributed by atoms with Crippen LogP contribution in [0.5, 0.6) is 0 Å². The van der Waals surface area contributed by atoms with E-state index in [-0.39, 0.29) is 0 Å². The smallest absolute Gasteiger partial charge is 0.0157 e. The first-order valence-electron chi connectivity index (χ1n) is 3.47. The van der Waals surface area contributed by atoms with Gasteiger partial charge in [0.25, 0.3) is 0 Å². The lowest BCUT2D eigenvalue weighted by molar-refractivity contribution is 1.57. The lowest BCUT2D eigenvalue weighted by Crippen LogP contribution is -1.81. The molecule has 12 heavy (non-hydrogen) atoms. The van der Waals surface area contributed by atoms with E-state index in [1.165, 1.54) is 0 Å². The summed E-state index contributed by atoms with van der Waals surface area (Å²) in [7, 11) is 0. The van der Waals surface area contributed by atoms with Gasteiger partial charge >= 0.3 is 0 Å². The summed E-state index contributed by atoms with van der Waals surface area (Å²) in [6, 6.07) is 0. The second kappa shape index (κ2) is 8.13. The molecule has 0 atom stereocenters. The fourth-order valence-electron chi connectivity index (χ4n) is 0.489. The monoisotopic (exact) mass is 232 g/mol. The van der Waals surface area contributed by atoms with E-state index < -0.39 is 0 Å². The minimum Gasteiger partial charge on any atom is -0.0733 e. The number of rotatable bonds is 0. The van der Waals surface area contributed by atoms with Gasteiger partial charge in [-0.05, 0) is 21.0 Å². The Kier molecular flexibility index (Phi) is 7.18. The molecule has 4 heteroatoms. The molecule has 0 radical (unpaired) electrons. The van der Waals surface area contributed by atoms with E-state index in [0.29, 0.717) is 0 Å². The van der Waals surface area contributed by atoms with Crippen molar-refractivity contribution in [1.82, 2.24) is 0 Å². The maximum absolute atomic E-state index is 3.06. The molecule has 0 aromatic carbocycles. The summed E-state index contributed by atoms with van der Waals surface area (Å²) < 4.78 is 0. The summed E-state index contributed by atoms with van der Waals surface area (Å²) in [5.41, 5.74) is 0. The highest BCUT2D eigenvalue weighted by molar-refractivity contribution is 8.10. The van der Waals surface area contributed by atoms with Crippen LogP contribution in [0.3, 0.4) is 0 Å². The SMILES string of the molecule is C1#CSCCSC#CSCCS1. The minimum atomic E-state index is 1.08. The van der Waals surface area contributed by atoms with E-state index in [0.717, 1.165) is 23.0 Å². The zero-order valence-corrected chi connectivity index (χ0v) is 9.73. The van der Waals surface area contributed by atoms with E-state index in [9.17, 15) is 0 Å². The van der Waals surface area contributed by atoms with Crippen molar-refractivity contribution in [2.75, 3.05) is 23.0 Å². The normalized spacial score (nSPS) is 18.7. The number of hydrogen-bond donors (Lipinski definition) is 0. The molecule has 64 valence electrons. The molecule has 0 unspecified atom stereocenters. The molecule has 0 nitrogen and oxygen atoms in total. The Morgan fingerprint density at radius 3 is 1.00 bits per heavy atom. The van der Waals surface area contributed by atoms with E-state index >= 15 is 0 Å². The minimum absolute atomic E-state index is 1.08. The molecule has 0 aromatic heterocycles. The molecule has 0 amide bonds. The third-order valence-electron chi connectivity index (χ3n) is 0.947. The molecule has 1 aliphatic rings. The molecule has 0 aliphatic carbocycles. The highest BCUT2D eigenvalue weighted by Crippen LogP contribution is 2.10. The van der Waals surface area contributed by atoms with Crippen LogP contribution in [0.1, 0.15) is 0 Å². The predicted octanol–water partition coefficient (Wildman–Crippen LogP) is 2.77. The highest BCUT2D eigenvalue weighted by Gasteiger charge is 1.87. The summed E-state index contributed by atoms with van der Waals surface area (Å²) in [5.74, 6) is 4.32. The molecule has 0 aromatic rings. The van der Waals surface area contributed by atoms with Crippen molar-refractivity contribution in [3.05, 3.63) is 0 Å². The Morgan fingerprint density at radius 2 is 0.750 bits per heavy atom. The Labute approximate surface area is 90.8 Å². The number of hydrogen-bond acceptors (Lipinski definition) is 4. The zero-order valence-electron chi connectivity index (χ0n) is 6.46. The van der Waals surface area contributed by atoms with E-state index in [1.807, 2.05) is 0 Å². The zero-order chi connectivity index (χ0) is 8.49. The van der Waals surface area contributed by atoms with Gasteiger partial charge in [0, 0.05) is 23.0 Å². The van der Waals surface area contributed by atoms with Crippen molar-refractivity contribution in [1.29, 1.82) is 0 Å². The summed E-state index contributed by atoms with van der Waals surface area (Å²) in [5, 5.41) is 12.2. The molecule has 1 heterocycles. The van der Waals surface area contributed by atoms with Crippen LogP contribution < -0.4 is 0 Å². The van der Waals surface area contributed by atoms with Crippen LogP contribution in [0.4, 0.5) is 0 Å². The Morgan fingerprint density at radius 1 is 0.500 bits per heavy atom. The third-order valence-corrected chi connectivity index (χ3v) is 4.34. The van der Waals surface area contributed by atoms with Crippen LogP contribution in [0.2, 0.25) is 0 Å². The van der Waals surface area contributed by atoms with Gasteiger partial charge < -0.3 is 0 Å². The van der Waals surface area contributed by atoms with Gasteiger partial charge in [-0.2, -0.15) is 0 Å². The van der Waals surface area contributed by atoms with Crippen molar-refractivity contribution in [3.63, 3.8) is 0 Å². The van der Waals surface area contributed by atoms with Crippen LogP contribution in [0.25, 0.3) is 0 Å². The van der Waals surface area contributed by atoms with Crippen LogP contribution in [-0.4, -0.2) is 23.0 Å². The lowest BCUT2D eigenvalue weighted by Gasteiger charge is -1.91. The van der Waals surface area contributed by atoms with Gasteiger partial charge in [-0.25, -0.2) is 0 Å². The molecular weight excluding hydrogens is 224 g/mol. The third kappa shape index (κ3) is 6.08. The van der Waals surface area contributed by atoms with Gasteiger partial charge in [-0.1, -0.05) is 47.0 Å².